The molecule has 7 atom stereocenters. The molecule has 3 heterocycles. The lowest BCUT2D eigenvalue weighted by Gasteiger charge is -2.27. The molecule has 0 amide bonds. The van der Waals surface area contributed by atoms with Crippen LogP contribution in [0.5, 0.6) is 5.75 Å². The number of fused-ring (bicyclic) bond motifs is 2. The van der Waals surface area contributed by atoms with Gasteiger partial charge in [-0.3, -0.25) is 13.9 Å². The van der Waals surface area contributed by atoms with Crippen molar-refractivity contribution in [2.75, 3.05) is 11.5 Å². The van der Waals surface area contributed by atoms with E-state index >= 15 is 0 Å². The van der Waals surface area contributed by atoms with E-state index in [1.54, 1.807) is 32.0 Å². The number of hydrogen-bond acceptors (Lipinski definition) is 13. The maximum atomic E-state index is 13.9. The average Bonchev–Trinajstić information content (AvgIpc) is 3.16. The number of nitrogens with one attached hydrogen (secondary N) is 1. The van der Waals surface area contributed by atoms with Gasteiger partial charge >= 0.3 is 13.7 Å². The van der Waals surface area contributed by atoms with Crippen LogP contribution in [0.2, 0.25) is 0 Å². The average molecular weight is 574 g/mol. The molecule has 3 aromatic rings. The fraction of sp³-hybridized carbons (Fsp3) is 0.455. The van der Waals surface area contributed by atoms with E-state index in [1.807, 2.05) is 0 Å². The summed E-state index contributed by atoms with van der Waals surface area (Å²) in [5.41, 5.74) is 19.4. The Kier molecular flexibility index (Phi) is 7.04. The molecule has 2 aromatic heterocycles. The Hall–Kier alpha value is -3.98. The number of rotatable bonds is 10. The minimum absolute atomic E-state index is 0.0276. The summed E-state index contributed by atoms with van der Waals surface area (Å²) in [7, 11) is -4.36. The number of benzene rings is 1. The zero-order valence-electron chi connectivity index (χ0n) is 21.6. The van der Waals surface area contributed by atoms with Gasteiger partial charge in [-0.25, -0.2) is 9.55 Å². The predicted octanol–water partition coefficient (Wildman–Crippen LogP) is 1.81. The van der Waals surface area contributed by atoms with E-state index in [2.05, 4.69) is 30.1 Å². The highest BCUT2D eigenvalue weighted by atomic mass is 31.2. The van der Waals surface area contributed by atoms with E-state index in [0.717, 1.165) is 0 Å². The normalized spacial score (nSPS) is 27.4. The number of anilines is 2. The molecule has 0 spiro atoms. The third-order valence-corrected chi connectivity index (χ3v) is 7.96. The van der Waals surface area contributed by atoms with Gasteiger partial charge in [0.1, 0.15) is 47.4 Å². The summed E-state index contributed by atoms with van der Waals surface area (Å²) in [6, 6.07) is 5.72. The van der Waals surface area contributed by atoms with Gasteiger partial charge in [-0.05, 0) is 38.4 Å². The van der Waals surface area contributed by atoms with Crippen LogP contribution in [0, 0.1) is 0 Å². The molecule has 1 saturated carbocycles. The first-order chi connectivity index (χ1) is 19.0. The Morgan fingerprint density at radius 1 is 1.30 bits per heavy atom. The molecule has 2 fully saturated rings. The van der Waals surface area contributed by atoms with Gasteiger partial charge in [0.05, 0.1) is 12.4 Å². The molecule has 212 valence electrons. The molecule has 1 aliphatic heterocycles. The highest BCUT2D eigenvalue weighted by Gasteiger charge is 2.79. The Labute approximate surface area is 227 Å². The van der Waals surface area contributed by atoms with Gasteiger partial charge in [-0.2, -0.15) is 15.1 Å². The number of nitrogen functional groups attached to an aromatic ring is 2. The van der Waals surface area contributed by atoms with Gasteiger partial charge in [-0.15, -0.1) is 0 Å². The van der Waals surface area contributed by atoms with Crippen molar-refractivity contribution in [3.8, 4) is 5.75 Å². The van der Waals surface area contributed by atoms with Crippen LogP contribution in [0.15, 0.2) is 41.8 Å². The van der Waals surface area contributed by atoms with Gasteiger partial charge < -0.3 is 30.6 Å². The van der Waals surface area contributed by atoms with Crippen LogP contribution in [0.4, 0.5) is 11.8 Å². The number of imidazole rings is 1. The lowest BCUT2D eigenvalue weighted by molar-refractivity contribution is -0.149. The molecule has 40 heavy (non-hydrogen) atoms. The number of ether oxygens (including phenoxy) is 2. The van der Waals surface area contributed by atoms with Gasteiger partial charge in [0, 0.05) is 4.91 Å². The van der Waals surface area contributed by atoms with Crippen LogP contribution in [0.1, 0.15) is 27.0 Å². The van der Waals surface area contributed by atoms with Crippen LogP contribution in [0.25, 0.3) is 21.6 Å². The summed E-state index contributed by atoms with van der Waals surface area (Å²) < 4.78 is 37.9. The number of esters is 1. The van der Waals surface area contributed by atoms with Crippen LogP contribution < -0.4 is 21.1 Å². The van der Waals surface area contributed by atoms with Gasteiger partial charge in [-0.1, -0.05) is 23.3 Å². The monoisotopic (exact) mass is 574 g/mol. The van der Waals surface area contributed by atoms with Crippen molar-refractivity contribution in [1.82, 2.24) is 24.6 Å². The van der Waals surface area contributed by atoms with E-state index < -0.39 is 55.9 Å². The van der Waals surface area contributed by atoms with Crippen molar-refractivity contribution < 1.29 is 33.0 Å². The molecule has 2 aliphatic rings. The first-order valence-corrected chi connectivity index (χ1v) is 13.7. The number of para-hydroxylation sites is 1. The maximum Gasteiger partial charge on any atom is 0.459 e. The molecule has 0 bridgehead atoms. The molecule has 1 aromatic carbocycles. The van der Waals surface area contributed by atoms with E-state index in [0.29, 0.717) is 0 Å². The Balaban J connectivity index is 1.42. The second-order valence-electron chi connectivity index (χ2n) is 9.54. The minimum atomic E-state index is -4.36. The van der Waals surface area contributed by atoms with Crippen molar-refractivity contribution >= 4 is 36.6 Å². The van der Waals surface area contributed by atoms with Crippen molar-refractivity contribution in [3.63, 3.8) is 0 Å². The van der Waals surface area contributed by atoms with Crippen molar-refractivity contribution in [2.45, 2.75) is 63.0 Å². The molecule has 5 rings (SSSR count). The van der Waals surface area contributed by atoms with Crippen molar-refractivity contribution in [2.24, 2.45) is 5.11 Å². The van der Waals surface area contributed by atoms with E-state index in [-0.39, 0.29) is 28.7 Å². The van der Waals surface area contributed by atoms with Crippen LogP contribution in [-0.4, -0.2) is 66.6 Å². The molecule has 1 aliphatic carbocycles. The molecule has 3 unspecified atom stereocenters. The van der Waals surface area contributed by atoms with Crippen LogP contribution in [-0.2, 0) is 23.4 Å². The fourth-order valence-electron chi connectivity index (χ4n) is 4.48. The number of carbonyl (C=O) groups excluding carboxylic acids is 1. The number of azide groups is 1. The van der Waals surface area contributed by atoms with Gasteiger partial charge in [0.25, 0.3) is 0 Å². The molecular formula is C22H27N10O7P. The van der Waals surface area contributed by atoms with Crippen LogP contribution in [0.3, 0.4) is 0 Å². The summed E-state index contributed by atoms with van der Waals surface area (Å²) in [5.74, 6) is -0.614. The standard InChI is InChI=1S/C22H27N10O7P/c1-10(2)36-20(33)11(3)30-40(35,38-12-7-5-4-6-8-12)39-16-15-22(16,34)14(29-31-25)19(37-15)32-9-26-13-17(23)27-21(24)28-18(13)32/h4-11,14-16,19,34H,1-3H3,(H,30,35)(H4,23,24,27,28)/t11-,14?,15+,16?,19+,22-,40?/m0/s1. The number of nitrogens with zero attached hydrogens (tertiary/aromatic N) is 7. The Morgan fingerprint density at radius 2 is 2.02 bits per heavy atom. The summed E-state index contributed by atoms with van der Waals surface area (Å²) in [4.78, 5) is 27.4. The number of nitrogens with two attached hydrogens (primary N) is 2. The second kappa shape index (κ2) is 10.2. The van der Waals surface area contributed by atoms with E-state index in [9.17, 15) is 20.0 Å². The zero-order valence-corrected chi connectivity index (χ0v) is 22.5. The topological polar surface area (TPSA) is 248 Å². The SMILES string of the molecule is CC(C)OC(=O)[C@H](C)NP(=O)(Oc1ccccc1)OC1[C@H]2O[C@@H](n3cnc4c(N)nc(N)nc43)C(N=[N+]=[N-])[C@@]12O. The number of aromatic nitrogens is 4. The second-order valence-corrected chi connectivity index (χ2v) is 11.2. The number of aliphatic hydroxyl groups is 1. The summed E-state index contributed by atoms with van der Waals surface area (Å²) in [5, 5.41) is 17.8. The van der Waals surface area contributed by atoms with E-state index in [4.69, 9.17) is 30.0 Å². The van der Waals surface area contributed by atoms with Gasteiger partial charge in [0.15, 0.2) is 11.5 Å². The lowest BCUT2D eigenvalue weighted by Crippen LogP contribution is -2.39. The Morgan fingerprint density at radius 3 is 2.70 bits per heavy atom. The molecule has 17 nitrogen and oxygen atoms in total. The highest BCUT2D eigenvalue weighted by molar-refractivity contribution is 7.52. The number of hydrogen-bond donors (Lipinski definition) is 4. The number of carbonyl (C=O) groups is 1. The molecule has 0 radical (unpaired) electrons. The largest absolute Gasteiger partial charge is 0.462 e. The third-order valence-electron chi connectivity index (χ3n) is 6.30. The quantitative estimate of drug-likeness (QED) is 0.0887. The Bertz CT molecular complexity index is 1530. The summed E-state index contributed by atoms with van der Waals surface area (Å²) >= 11 is 0. The summed E-state index contributed by atoms with van der Waals surface area (Å²) in [6.07, 6.45) is -2.55. The lowest BCUT2D eigenvalue weighted by atomic mass is 10.1. The highest BCUT2D eigenvalue weighted by Crippen LogP contribution is 2.62. The predicted molar refractivity (Wildman–Crippen MR) is 139 cm³/mol. The first kappa shape index (κ1) is 27.6. The molecule has 18 heteroatoms. The minimum Gasteiger partial charge on any atom is -0.462 e. The maximum absolute atomic E-state index is 13.9. The fourth-order valence-corrected chi connectivity index (χ4v) is 6.19. The molecular weight excluding hydrogens is 547 g/mol. The molecule has 6 N–H and O–H groups in total. The zero-order chi connectivity index (χ0) is 28.8. The van der Waals surface area contributed by atoms with Crippen LogP contribution >= 0.6 is 7.75 Å². The summed E-state index contributed by atoms with van der Waals surface area (Å²) in [6.45, 7) is 4.77. The first-order valence-electron chi connectivity index (χ1n) is 12.2. The third kappa shape index (κ3) is 4.90. The van der Waals surface area contributed by atoms with Crippen molar-refractivity contribution in [3.05, 3.63) is 47.1 Å². The van der Waals surface area contributed by atoms with Crippen molar-refractivity contribution in [1.29, 1.82) is 0 Å². The van der Waals surface area contributed by atoms with Gasteiger partial charge in [0.2, 0.25) is 5.95 Å². The van der Waals surface area contributed by atoms with E-state index in [1.165, 1.54) is 30.0 Å². The smallest absolute Gasteiger partial charge is 0.459 e. The molecule has 1 saturated heterocycles.